The number of carbonyl (C=O) groups excluding carboxylic acids is 3. The van der Waals surface area contributed by atoms with E-state index in [1.165, 1.54) is 238 Å². The molecule has 0 aliphatic heterocycles. The molecule has 0 N–H and O–H groups in total. The second-order valence-electron chi connectivity index (χ2n) is 23.8. The number of ether oxygens (including phenoxy) is 3. The SMILES string of the molecule is CC/C=C\C/C=C\C/C=C\CCCCCCCCCC(=O)OC(COC(=O)CCCCCCCCC/C=C\C/C=C\CCCCC)COC(=O)CCCCCCCCCCCCCCCCCCCCCCCCCCCCCC. The van der Waals surface area contributed by atoms with Crippen LogP contribution in [0.25, 0.3) is 0 Å². The van der Waals surface area contributed by atoms with Gasteiger partial charge in [0.1, 0.15) is 13.2 Å². The van der Waals surface area contributed by atoms with Crippen molar-refractivity contribution in [3.8, 4) is 0 Å². The molecule has 1 atom stereocenters. The maximum absolute atomic E-state index is 12.9. The van der Waals surface area contributed by atoms with Gasteiger partial charge in [0.25, 0.3) is 0 Å². The summed E-state index contributed by atoms with van der Waals surface area (Å²) in [7, 11) is 0. The van der Waals surface area contributed by atoms with E-state index in [2.05, 4.69) is 81.5 Å². The van der Waals surface area contributed by atoms with E-state index < -0.39 is 6.10 Å². The summed E-state index contributed by atoms with van der Waals surface area (Å²) in [6, 6.07) is 0. The van der Waals surface area contributed by atoms with Gasteiger partial charge in [0.2, 0.25) is 0 Å². The first-order chi connectivity index (χ1) is 39.5. The van der Waals surface area contributed by atoms with Crippen LogP contribution in [0.3, 0.4) is 0 Å². The number of rotatable bonds is 65. The molecule has 6 nitrogen and oxygen atoms in total. The molecule has 0 heterocycles. The summed E-state index contributed by atoms with van der Waals surface area (Å²) < 4.78 is 17.0. The zero-order chi connectivity index (χ0) is 57.8. The Morgan fingerprint density at radius 2 is 0.487 bits per heavy atom. The molecule has 1 unspecified atom stereocenters. The average Bonchev–Trinajstić information content (AvgIpc) is 3.46. The maximum Gasteiger partial charge on any atom is 0.306 e. The summed E-state index contributed by atoms with van der Waals surface area (Å²) in [6.07, 6.45) is 88.2. The van der Waals surface area contributed by atoms with Gasteiger partial charge in [-0.3, -0.25) is 14.4 Å². The molecule has 0 radical (unpaired) electrons. The molecule has 0 saturated heterocycles. The fourth-order valence-electron chi connectivity index (χ4n) is 10.5. The molecule has 466 valence electrons. The Kier molecular flexibility index (Phi) is 66.1. The predicted molar refractivity (Wildman–Crippen MR) is 348 cm³/mol. The number of unbranched alkanes of at least 4 members (excludes halogenated alkanes) is 44. The van der Waals surface area contributed by atoms with Crippen LogP contribution in [0.2, 0.25) is 0 Å². The molecule has 0 bridgehead atoms. The lowest BCUT2D eigenvalue weighted by Crippen LogP contribution is -2.30. The lowest BCUT2D eigenvalue weighted by atomic mass is 10.0. The molecule has 0 fully saturated rings. The number of hydrogen-bond donors (Lipinski definition) is 0. The fourth-order valence-corrected chi connectivity index (χ4v) is 10.5. The standard InChI is InChI=1S/C74H134O6/c1-4-7-10-13-16-19-22-25-28-31-32-33-34-35-36-37-38-39-40-41-44-46-49-52-55-58-61-64-67-73(76)79-70-71(80-74(77)68-65-62-59-56-53-50-47-43-30-27-24-21-18-15-12-9-6-3)69-78-72(75)66-63-60-57-54-51-48-45-42-29-26-23-20-17-14-11-8-5-2/h9,12,17-18,20-21,26-27,29-30,71H,4-8,10-11,13-16,19,22-25,28,31-70H2,1-3H3/b12-9-,20-17-,21-18-,29-26-,30-27-. The topological polar surface area (TPSA) is 78.9 Å². The van der Waals surface area contributed by atoms with Crippen molar-refractivity contribution >= 4 is 17.9 Å². The van der Waals surface area contributed by atoms with Crippen LogP contribution in [-0.4, -0.2) is 37.2 Å². The number of allylic oxidation sites excluding steroid dienone is 10. The molecule has 0 aromatic heterocycles. The monoisotopic (exact) mass is 1120 g/mol. The van der Waals surface area contributed by atoms with Gasteiger partial charge in [-0.1, -0.05) is 332 Å². The molecular weight excluding hydrogens is 985 g/mol. The van der Waals surface area contributed by atoms with Gasteiger partial charge in [-0.05, 0) is 83.5 Å². The highest BCUT2D eigenvalue weighted by molar-refractivity contribution is 5.71. The van der Waals surface area contributed by atoms with E-state index >= 15 is 0 Å². The molecule has 0 saturated carbocycles. The van der Waals surface area contributed by atoms with Crippen molar-refractivity contribution < 1.29 is 28.6 Å². The van der Waals surface area contributed by atoms with Crippen molar-refractivity contribution in [1.29, 1.82) is 0 Å². The quantitative estimate of drug-likeness (QED) is 0.0261. The van der Waals surface area contributed by atoms with Crippen molar-refractivity contribution in [3.63, 3.8) is 0 Å². The molecule has 0 amide bonds. The average molecular weight is 1120 g/mol. The Labute approximate surface area is 498 Å². The van der Waals surface area contributed by atoms with Gasteiger partial charge in [-0.15, -0.1) is 0 Å². The highest BCUT2D eigenvalue weighted by Crippen LogP contribution is 2.18. The van der Waals surface area contributed by atoms with E-state index in [1.807, 2.05) is 0 Å². The van der Waals surface area contributed by atoms with E-state index in [0.717, 1.165) is 96.3 Å². The Morgan fingerprint density at radius 1 is 0.263 bits per heavy atom. The third-order valence-electron chi connectivity index (χ3n) is 15.8. The highest BCUT2D eigenvalue weighted by Gasteiger charge is 2.19. The van der Waals surface area contributed by atoms with Gasteiger partial charge in [0.15, 0.2) is 6.10 Å². The van der Waals surface area contributed by atoms with Crippen molar-refractivity contribution in [1.82, 2.24) is 0 Å². The van der Waals surface area contributed by atoms with Crippen molar-refractivity contribution in [2.45, 2.75) is 380 Å². The lowest BCUT2D eigenvalue weighted by Gasteiger charge is -2.18. The summed E-state index contributed by atoms with van der Waals surface area (Å²) in [4.78, 5) is 38.4. The first-order valence-electron chi connectivity index (χ1n) is 35.3. The Hall–Kier alpha value is -2.89. The van der Waals surface area contributed by atoms with Gasteiger partial charge in [-0.2, -0.15) is 0 Å². The highest BCUT2D eigenvalue weighted by atomic mass is 16.6. The molecule has 0 aromatic carbocycles. The molecule has 0 aliphatic carbocycles. The van der Waals surface area contributed by atoms with Crippen LogP contribution in [0, 0.1) is 0 Å². The smallest absolute Gasteiger partial charge is 0.306 e. The largest absolute Gasteiger partial charge is 0.462 e. The number of carbonyl (C=O) groups is 3. The Morgan fingerprint density at radius 3 is 0.787 bits per heavy atom. The third-order valence-corrected chi connectivity index (χ3v) is 15.8. The van der Waals surface area contributed by atoms with Gasteiger partial charge in [0.05, 0.1) is 0 Å². The number of hydrogen-bond acceptors (Lipinski definition) is 6. The van der Waals surface area contributed by atoms with Gasteiger partial charge in [0, 0.05) is 19.3 Å². The third kappa shape index (κ3) is 65.9. The van der Waals surface area contributed by atoms with Crippen LogP contribution in [0.4, 0.5) is 0 Å². The zero-order valence-corrected chi connectivity index (χ0v) is 53.6. The van der Waals surface area contributed by atoms with E-state index in [4.69, 9.17) is 14.2 Å². The van der Waals surface area contributed by atoms with Crippen molar-refractivity contribution in [2.24, 2.45) is 0 Å². The first kappa shape index (κ1) is 77.1. The van der Waals surface area contributed by atoms with Gasteiger partial charge < -0.3 is 14.2 Å². The molecule has 0 spiro atoms. The van der Waals surface area contributed by atoms with E-state index in [9.17, 15) is 14.4 Å². The molecule has 80 heavy (non-hydrogen) atoms. The summed E-state index contributed by atoms with van der Waals surface area (Å²) in [5.41, 5.74) is 0. The van der Waals surface area contributed by atoms with Crippen LogP contribution in [-0.2, 0) is 28.6 Å². The molecule has 0 aromatic rings. The summed E-state index contributed by atoms with van der Waals surface area (Å²) >= 11 is 0. The number of esters is 3. The predicted octanol–water partition coefficient (Wildman–Crippen LogP) is 24.3. The minimum absolute atomic E-state index is 0.0775. The lowest BCUT2D eigenvalue weighted by molar-refractivity contribution is -0.167. The normalized spacial score (nSPS) is 12.4. The van der Waals surface area contributed by atoms with Gasteiger partial charge >= 0.3 is 17.9 Å². The van der Waals surface area contributed by atoms with E-state index in [-0.39, 0.29) is 31.1 Å². The maximum atomic E-state index is 12.9. The van der Waals surface area contributed by atoms with Crippen LogP contribution in [0.5, 0.6) is 0 Å². The first-order valence-corrected chi connectivity index (χ1v) is 35.3. The van der Waals surface area contributed by atoms with Crippen LogP contribution >= 0.6 is 0 Å². The Bertz CT molecular complexity index is 1430. The van der Waals surface area contributed by atoms with E-state index in [1.54, 1.807) is 0 Å². The fraction of sp³-hybridized carbons (Fsp3) is 0.824. The second kappa shape index (κ2) is 68.6. The van der Waals surface area contributed by atoms with Crippen LogP contribution in [0.1, 0.15) is 374 Å². The van der Waals surface area contributed by atoms with Crippen molar-refractivity contribution in [3.05, 3.63) is 60.8 Å². The van der Waals surface area contributed by atoms with E-state index in [0.29, 0.717) is 19.3 Å². The molecule has 6 heteroatoms. The van der Waals surface area contributed by atoms with Crippen LogP contribution < -0.4 is 0 Å². The minimum atomic E-state index is -0.783. The Balaban J connectivity index is 4.25. The molecule has 0 aliphatic rings. The minimum Gasteiger partial charge on any atom is -0.462 e. The van der Waals surface area contributed by atoms with Crippen molar-refractivity contribution in [2.75, 3.05) is 13.2 Å². The summed E-state index contributed by atoms with van der Waals surface area (Å²) in [5.74, 6) is -0.873. The zero-order valence-electron chi connectivity index (χ0n) is 53.6. The summed E-state index contributed by atoms with van der Waals surface area (Å²) in [5, 5.41) is 0. The van der Waals surface area contributed by atoms with Gasteiger partial charge in [-0.25, -0.2) is 0 Å². The summed E-state index contributed by atoms with van der Waals surface area (Å²) in [6.45, 7) is 6.55. The van der Waals surface area contributed by atoms with Crippen LogP contribution in [0.15, 0.2) is 60.8 Å². The second-order valence-corrected chi connectivity index (χ2v) is 23.8. The molecular formula is C74H134O6. The molecule has 0 rings (SSSR count).